The van der Waals surface area contributed by atoms with E-state index in [0.717, 1.165) is 35.2 Å². The van der Waals surface area contributed by atoms with Gasteiger partial charge in [0.2, 0.25) is 5.91 Å². The lowest BCUT2D eigenvalue weighted by atomic mass is 9.93. The molecule has 1 heterocycles. The zero-order valence-electron chi connectivity index (χ0n) is 12.3. The molecule has 0 fully saturated rings. The Labute approximate surface area is 128 Å². The first-order valence-electron chi connectivity index (χ1n) is 7.23. The molecule has 3 rings (SSSR count). The summed E-state index contributed by atoms with van der Waals surface area (Å²) >= 11 is 0. The molecule has 112 valence electrons. The van der Waals surface area contributed by atoms with Gasteiger partial charge in [0, 0.05) is 31.2 Å². The minimum Gasteiger partial charge on any atom is -0.312 e. The summed E-state index contributed by atoms with van der Waals surface area (Å²) in [4.78, 5) is 24.3. The predicted molar refractivity (Wildman–Crippen MR) is 84.9 cm³/mol. The van der Waals surface area contributed by atoms with Gasteiger partial charge in [-0.2, -0.15) is 0 Å². The van der Waals surface area contributed by atoms with E-state index in [1.807, 2.05) is 24.3 Å². The fourth-order valence-electron chi connectivity index (χ4n) is 2.99. The van der Waals surface area contributed by atoms with Crippen LogP contribution in [0.15, 0.2) is 42.5 Å². The molecule has 0 saturated carbocycles. The van der Waals surface area contributed by atoms with Crippen molar-refractivity contribution in [1.29, 1.82) is 0 Å². The van der Waals surface area contributed by atoms with Crippen molar-refractivity contribution >= 4 is 17.3 Å². The van der Waals surface area contributed by atoms with Gasteiger partial charge in [-0.15, -0.1) is 0 Å². The average molecular weight is 296 g/mol. The Balaban J connectivity index is 2.18. The Hall–Kier alpha value is -2.69. The van der Waals surface area contributed by atoms with Crippen molar-refractivity contribution in [2.45, 2.75) is 19.8 Å². The van der Waals surface area contributed by atoms with E-state index >= 15 is 0 Å². The first-order chi connectivity index (χ1) is 10.6. The fourth-order valence-corrected chi connectivity index (χ4v) is 2.99. The number of benzene rings is 2. The van der Waals surface area contributed by atoms with Crippen LogP contribution in [0, 0.1) is 10.1 Å². The monoisotopic (exact) mass is 296 g/mol. The quantitative estimate of drug-likeness (QED) is 0.628. The van der Waals surface area contributed by atoms with Crippen LogP contribution in [0.25, 0.3) is 11.1 Å². The molecule has 0 atom stereocenters. The summed E-state index contributed by atoms with van der Waals surface area (Å²) in [6.45, 7) is 2.24. The summed E-state index contributed by atoms with van der Waals surface area (Å²) in [5, 5.41) is 11.0. The van der Waals surface area contributed by atoms with Crippen molar-refractivity contribution in [2.75, 3.05) is 11.4 Å². The lowest BCUT2D eigenvalue weighted by molar-refractivity contribution is -0.384. The maximum absolute atomic E-state index is 11.9. The summed E-state index contributed by atoms with van der Waals surface area (Å²) in [7, 11) is 0. The Morgan fingerprint density at radius 2 is 2.00 bits per heavy atom. The molecule has 1 aliphatic rings. The molecule has 0 N–H and O–H groups in total. The van der Waals surface area contributed by atoms with Gasteiger partial charge in [-0.3, -0.25) is 14.9 Å². The fraction of sp³-hybridized carbons (Fsp3) is 0.235. The van der Waals surface area contributed by atoms with Crippen molar-refractivity contribution < 1.29 is 9.72 Å². The summed E-state index contributed by atoms with van der Waals surface area (Å²) in [6, 6.07) is 12.4. The zero-order valence-corrected chi connectivity index (χ0v) is 12.3. The van der Waals surface area contributed by atoms with Gasteiger partial charge in [0.05, 0.1) is 10.6 Å². The van der Waals surface area contributed by atoms with Crippen LogP contribution in [0.1, 0.15) is 18.9 Å². The third kappa shape index (κ3) is 2.45. The first-order valence-corrected chi connectivity index (χ1v) is 7.23. The number of rotatable bonds is 2. The van der Waals surface area contributed by atoms with Crippen molar-refractivity contribution in [2.24, 2.45) is 0 Å². The third-order valence-electron chi connectivity index (χ3n) is 3.97. The van der Waals surface area contributed by atoms with Gasteiger partial charge < -0.3 is 4.90 Å². The number of para-hydroxylation sites is 1. The topological polar surface area (TPSA) is 63.5 Å². The van der Waals surface area contributed by atoms with E-state index < -0.39 is 4.92 Å². The highest BCUT2D eigenvalue weighted by atomic mass is 16.6. The molecule has 0 radical (unpaired) electrons. The highest BCUT2D eigenvalue weighted by Crippen LogP contribution is 2.38. The Morgan fingerprint density at radius 1 is 1.23 bits per heavy atom. The summed E-state index contributed by atoms with van der Waals surface area (Å²) < 4.78 is 0. The van der Waals surface area contributed by atoms with Gasteiger partial charge in [0.1, 0.15) is 0 Å². The van der Waals surface area contributed by atoms with Crippen molar-refractivity contribution in [1.82, 2.24) is 0 Å². The Morgan fingerprint density at radius 3 is 2.73 bits per heavy atom. The van der Waals surface area contributed by atoms with Gasteiger partial charge in [0.25, 0.3) is 5.69 Å². The minimum atomic E-state index is -0.401. The lowest BCUT2D eigenvalue weighted by Crippen LogP contribution is -2.34. The van der Waals surface area contributed by atoms with E-state index in [4.69, 9.17) is 0 Å². The molecule has 2 aromatic carbocycles. The maximum atomic E-state index is 11.9. The molecule has 5 nitrogen and oxygen atoms in total. The van der Waals surface area contributed by atoms with E-state index in [2.05, 4.69) is 0 Å². The number of anilines is 1. The predicted octanol–water partition coefficient (Wildman–Crippen LogP) is 3.56. The molecule has 0 spiro atoms. The molecule has 22 heavy (non-hydrogen) atoms. The number of nitro groups is 1. The van der Waals surface area contributed by atoms with Crippen molar-refractivity contribution in [3.05, 3.63) is 58.1 Å². The molecule has 0 unspecified atom stereocenters. The second kappa shape index (κ2) is 5.60. The summed E-state index contributed by atoms with van der Waals surface area (Å²) in [5.41, 5.74) is 3.70. The molecular formula is C17H16N2O3. The summed E-state index contributed by atoms with van der Waals surface area (Å²) in [6.07, 6.45) is 1.85. The molecular weight excluding hydrogens is 280 g/mol. The number of hydrogen-bond acceptors (Lipinski definition) is 3. The first kappa shape index (κ1) is 14.3. The van der Waals surface area contributed by atoms with Gasteiger partial charge in [-0.05, 0) is 24.0 Å². The molecule has 1 aliphatic heterocycles. The minimum absolute atomic E-state index is 0.00108. The zero-order chi connectivity index (χ0) is 15.7. The Kier molecular flexibility index (Phi) is 3.63. The standard InChI is InChI=1S/C17H16N2O3/c1-12(20)18-10-4-7-13-5-3-9-16(17(13)18)14-6-2-8-15(11-14)19(21)22/h2-3,5-6,8-9,11H,4,7,10H2,1H3. The van der Waals surface area contributed by atoms with Crippen LogP contribution in [0.2, 0.25) is 0 Å². The molecule has 1 amide bonds. The maximum Gasteiger partial charge on any atom is 0.270 e. The van der Waals surface area contributed by atoms with Crippen LogP contribution in [-0.4, -0.2) is 17.4 Å². The molecule has 0 aromatic heterocycles. The number of aryl methyl sites for hydroxylation is 1. The number of non-ortho nitro benzene ring substituents is 1. The number of carbonyl (C=O) groups excluding carboxylic acids is 1. The van der Waals surface area contributed by atoms with E-state index in [1.54, 1.807) is 24.0 Å². The average Bonchev–Trinajstić information content (AvgIpc) is 2.53. The number of fused-ring (bicyclic) bond motifs is 1. The van der Waals surface area contributed by atoms with Crippen LogP contribution in [-0.2, 0) is 11.2 Å². The summed E-state index contributed by atoms with van der Waals surface area (Å²) in [5.74, 6) is -0.00108. The second-order valence-corrected chi connectivity index (χ2v) is 5.39. The Bertz CT molecular complexity index is 755. The number of amides is 1. The number of nitrogens with zero attached hydrogens (tertiary/aromatic N) is 2. The lowest BCUT2D eigenvalue weighted by Gasteiger charge is -2.31. The van der Waals surface area contributed by atoms with Gasteiger partial charge in [0.15, 0.2) is 0 Å². The van der Waals surface area contributed by atoms with Gasteiger partial charge >= 0.3 is 0 Å². The van der Waals surface area contributed by atoms with E-state index in [0.29, 0.717) is 6.54 Å². The number of carbonyl (C=O) groups is 1. The van der Waals surface area contributed by atoms with Crippen LogP contribution in [0.5, 0.6) is 0 Å². The normalized spacial score (nSPS) is 13.6. The highest BCUT2D eigenvalue weighted by molar-refractivity contribution is 5.98. The van der Waals surface area contributed by atoms with Gasteiger partial charge in [-0.25, -0.2) is 0 Å². The largest absolute Gasteiger partial charge is 0.312 e. The second-order valence-electron chi connectivity index (χ2n) is 5.39. The van der Waals surface area contributed by atoms with Crippen LogP contribution in [0.4, 0.5) is 11.4 Å². The van der Waals surface area contributed by atoms with Crippen molar-refractivity contribution in [3.63, 3.8) is 0 Å². The smallest absolute Gasteiger partial charge is 0.270 e. The van der Waals surface area contributed by atoms with Crippen molar-refractivity contribution in [3.8, 4) is 11.1 Å². The van der Waals surface area contributed by atoms with E-state index in [-0.39, 0.29) is 11.6 Å². The van der Waals surface area contributed by atoms with E-state index in [1.165, 1.54) is 6.07 Å². The van der Waals surface area contributed by atoms with E-state index in [9.17, 15) is 14.9 Å². The SMILES string of the molecule is CC(=O)N1CCCc2cccc(-c3cccc([N+](=O)[O-])c3)c21. The molecule has 0 bridgehead atoms. The molecule has 5 heteroatoms. The third-order valence-corrected chi connectivity index (χ3v) is 3.97. The number of hydrogen-bond donors (Lipinski definition) is 0. The molecule has 0 aliphatic carbocycles. The van der Waals surface area contributed by atoms with Crippen LogP contribution >= 0.6 is 0 Å². The number of nitro benzene ring substituents is 1. The highest BCUT2D eigenvalue weighted by Gasteiger charge is 2.23. The van der Waals surface area contributed by atoms with Gasteiger partial charge in [-0.1, -0.05) is 30.3 Å². The molecule has 2 aromatic rings. The molecule has 0 saturated heterocycles. The van der Waals surface area contributed by atoms with Crippen LogP contribution < -0.4 is 4.90 Å². The van der Waals surface area contributed by atoms with Crippen LogP contribution in [0.3, 0.4) is 0 Å².